The molecule has 41 heavy (non-hydrogen) atoms. The maximum absolute atomic E-state index is 13.5. The van der Waals surface area contributed by atoms with Crippen molar-refractivity contribution in [3.8, 4) is 17.3 Å². The zero-order valence-corrected chi connectivity index (χ0v) is 25.0. The summed E-state index contributed by atoms with van der Waals surface area (Å²) in [6.07, 6.45) is 0.300. The van der Waals surface area contributed by atoms with E-state index in [2.05, 4.69) is 41.7 Å². The molecular formula is C30H39N5O6. The van der Waals surface area contributed by atoms with Crippen LogP contribution in [0.2, 0.25) is 0 Å². The van der Waals surface area contributed by atoms with E-state index >= 15 is 0 Å². The first-order valence-electron chi connectivity index (χ1n) is 13.5. The molecule has 0 aliphatic carbocycles. The van der Waals surface area contributed by atoms with Crippen molar-refractivity contribution >= 4 is 17.7 Å². The predicted molar refractivity (Wildman–Crippen MR) is 154 cm³/mol. The van der Waals surface area contributed by atoms with Crippen LogP contribution < -0.4 is 20.1 Å². The van der Waals surface area contributed by atoms with Crippen LogP contribution in [0.3, 0.4) is 0 Å². The Morgan fingerprint density at radius 2 is 1.78 bits per heavy atom. The standard InChI is InChI=1S/C30H39N5O6/c1-18-9-10-19(13-23(18)35-16-24(33-34-35)41-28(37)31-17-29(2,3)4)26(36)32-22-15-20(30(5,6)7)14-21(25(22)38-8)27-39-11-12-40-27/h9-10,13-16,27H,11-12,17H2,1-8H3,(H,31,37)(H,32,36). The van der Waals surface area contributed by atoms with Gasteiger partial charge in [0, 0.05) is 12.1 Å². The van der Waals surface area contributed by atoms with Crippen molar-refractivity contribution in [1.29, 1.82) is 0 Å². The Morgan fingerprint density at radius 3 is 2.41 bits per heavy atom. The summed E-state index contributed by atoms with van der Waals surface area (Å²) in [5.74, 6) is 0.180. The molecule has 11 nitrogen and oxygen atoms in total. The number of methoxy groups -OCH3 is 1. The minimum atomic E-state index is -0.615. The Hall–Kier alpha value is -3.96. The molecule has 0 saturated carbocycles. The summed E-state index contributed by atoms with van der Waals surface area (Å²) < 4.78 is 24.0. The molecule has 1 fully saturated rings. The lowest BCUT2D eigenvalue weighted by atomic mass is 9.85. The minimum Gasteiger partial charge on any atom is -0.494 e. The monoisotopic (exact) mass is 565 g/mol. The van der Waals surface area contributed by atoms with Gasteiger partial charge in [0.15, 0.2) is 12.0 Å². The third-order valence-electron chi connectivity index (χ3n) is 6.46. The molecule has 0 atom stereocenters. The Kier molecular flexibility index (Phi) is 8.69. The molecule has 1 aromatic heterocycles. The fourth-order valence-electron chi connectivity index (χ4n) is 4.19. The number of nitrogens with one attached hydrogen (secondary N) is 2. The summed E-state index contributed by atoms with van der Waals surface area (Å²) in [4.78, 5) is 25.7. The van der Waals surface area contributed by atoms with Crippen molar-refractivity contribution in [1.82, 2.24) is 20.3 Å². The lowest BCUT2D eigenvalue weighted by molar-refractivity contribution is -0.0455. The van der Waals surface area contributed by atoms with Gasteiger partial charge in [0.2, 0.25) is 0 Å². The lowest BCUT2D eigenvalue weighted by Gasteiger charge is -2.25. The fraction of sp³-hybridized carbons (Fsp3) is 0.467. The smallest absolute Gasteiger partial charge is 0.414 e. The third kappa shape index (κ3) is 7.42. The second-order valence-corrected chi connectivity index (χ2v) is 12.2. The SMILES string of the molecule is COc1c(NC(=O)c2ccc(C)c(-n3cc(OC(=O)NCC(C)(C)C)nn3)c2)cc(C(C)(C)C)cc1C1OCCO1. The zero-order valence-electron chi connectivity index (χ0n) is 25.0. The van der Waals surface area contributed by atoms with Crippen LogP contribution in [0.15, 0.2) is 36.5 Å². The number of rotatable bonds is 7. The summed E-state index contributed by atoms with van der Waals surface area (Å²) in [5.41, 5.74) is 3.79. The molecule has 1 aliphatic rings. The number of ether oxygens (including phenoxy) is 4. The van der Waals surface area contributed by atoms with Crippen LogP contribution in [0, 0.1) is 12.3 Å². The van der Waals surface area contributed by atoms with E-state index in [1.807, 2.05) is 45.9 Å². The average Bonchev–Trinajstić information content (AvgIpc) is 3.59. The molecule has 0 radical (unpaired) electrons. The summed E-state index contributed by atoms with van der Waals surface area (Å²) in [6, 6.07) is 9.16. The third-order valence-corrected chi connectivity index (χ3v) is 6.46. The summed E-state index contributed by atoms with van der Waals surface area (Å²) >= 11 is 0. The number of hydrogen-bond donors (Lipinski definition) is 2. The van der Waals surface area contributed by atoms with E-state index in [4.69, 9.17) is 18.9 Å². The van der Waals surface area contributed by atoms with E-state index in [-0.39, 0.29) is 22.6 Å². The zero-order chi connectivity index (χ0) is 29.9. The first-order valence-corrected chi connectivity index (χ1v) is 13.5. The Morgan fingerprint density at radius 1 is 1.07 bits per heavy atom. The van der Waals surface area contributed by atoms with Gasteiger partial charge in [-0.3, -0.25) is 4.79 Å². The maximum Gasteiger partial charge on any atom is 0.414 e. The molecule has 2 heterocycles. The van der Waals surface area contributed by atoms with Crippen LogP contribution in [0.25, 0.3) is 5.69 Å². The number of anilines is 1. The van der Waals surface area contributed by atoms with Crippen LogP contribution in [-0.2, 0) is 14.9 Å². The number of aromatic nitrogens is 3. The first kappa shape index (κ1) is 30.0. The summed E-state index contributed by atoms with van der Waals surface area (Å²) in [7, 11) is 1.55. The highest BCUT2D eigenvalue weighted by atomic mass is 16.7. The first-order chi connectivity index (χ1) is 19.2. The van der Waals surface area contributed by atoms with E-state index in [9.17, 15) is 9.59 Å². The van der Waals surface area contributed by atoms with Crippen LogP contribution in [0.5, 0.6) is 11.6 Å². The molecule has 3 aromatic rings. The Balaban J connectivity index is 1.58. The van der Waals surface area contributed by atoms with Gasteiger partial charge in [-0.15, -0.1) is 0 Å². The number of carbonyl (C=O) groups excluding carboxylic acids is 2. The van der Waals surface area contributed by atoms with Gasteiger partial charge in [-0.2, -0.15) is 0 Å². The largest absolute Gasteiger partial charge is 0.494 e. The average molecular weight is 566 g/mol. The van der Waals surface area contributed by atoms with E-state index in [1.54, 1.807) is 19.2 Å². The summed E-state index contributed by atoms with van der Waals surface area (Å²) in [5, 5.41) is 13.8. The van der Waals surface area contributed by atoms with E-state index in [0.717, 1.165) is 16.7 Å². The van der Waals surface area contributed by atoms with Gasteiger partial charge in [0.05, 0.1) is 43.5 Å². The molecule has 0 bridgehead atoms. The molecule has 1 saturated heterocycles. The van der Waals surface area contributed by atoms with Crippen LogP contribution in [0.1, 0.15) is 74.9 Å². The predicted octanol–water partition coefficient (Wildman–Crippen LogP) is 5.31. The van der Waals surface area contributed by atoms with Gasteiger partial charge in [-0.1, -0.05) is 57.9 Å². The molecule has 2 N–H and O–H groups in total. The lowest BCUT2D eigenvalue weighted by Crippen LogP contribution is -2.34. The molecule has 11 heteroatoms. The normalized spacial score (nSPS) is 14.1. The van der Waals surface area contributed by atoms with Gasteiger partial charge in [0.1, 0.15) is 0 Å². The maximum atomic E-state index is 13.5. The molecule has 1 aliphatic heterocycles. The topological polar surface area (TPSA) is 126 Å². The van der Waals surface area contributed by atoms with Gasteiger partial charge < -0.3 is 29.6 Å². The van der Waals surface area contributed by atoms with Gasteiger partial charge in [-0.25, -0.2) is 9.48 Å². The second kappa shape index (κ2) is 11.9. The van der Waals surface area contributed by atoms with Crippen molar-refractivity contribution < 1.29 is 28.5 Å². The quantitative estimate of drug-likeness (QED) is 0.395. The number of aryl methyl sites for hydroxylation is 1. The minimum absolute atomic E-state index is 0.0401. The fourth-order valence-corrected chi connectivity index (χ4v) is 4.19. The van der Waals surface area contributed by atoms with E-state index < -0.39 is 12.4 Å². The number of carbonyl (C=O) groups is 2. The van der Waals surface area contributed by atoms with E-state index in [0.29, 0.717) is 42.4 Å². The molecule has 2 amide bonds. The molecule has 0 spiro atoms. The Labute approximate surface area is 240 Å². The highest BCUT2D eigenvalue weighted by molar-refractivity contribution is 6.05. The van der Waals surface area contributed by atoms with Crippen molar-refractivity contribution in [2.24, 2.45) is 5.41 Å². The van der Waals surface area contributed by atoms with Crippen molar-refractivity contribution in [2.45, 2.75) is 60.2 Å². The molecule has 4 rings (SSSR count). The van der Waals surface area contributed by atoms with Crippen LogP contribution in [-0.4, -0.2) is 53.9 Å². The second-order valence-electron chi connectivity index (χ2n) is 12.2. The number of benzene rings is 2. The Bertz CT molecular complexity index is 1410. The van der Waals surface area contributed by atoms with E-state index in [1.165, 1.54) is 10.9 Å². The van der Waals surface area contributed by atoms with Gasteiger partial charge in [0.25, 0.3) is 11.8 Å². The molecule has 2 aromatic carbocycles. The van der Waals surface area contributed by atoms with Gasteiger partial charge in [-0.05, 0) is 53.1 Å². The number of hydrogen-bond acceptors (Lipinski definition) is 8. The van der Waals surface area contributed by atoms with Crippen LogP contribution >= 0.6 is 0 Å². The molecule has 220 valence electrons. The van der Waals surface area contributed by atoms with Crippen molar-refractivity contribution in [2.75, 3.05) is 32.2 Å². The molecule has 0 unspecified atom stereocenters. The van der Waals surface area contributed by atoms with Crippen molar-refractivity contribution in [3.63, 3.8) is 0 Å². The highest BCUT2D eigenvalue weighted by Crippen LogP contribution is 2.41. The number of nitrogens with zero attached hydrogens (tertiary/aromatic N) is 3. The van der Waals surface area contributed by atoms with Crippen molar-refractivity contribution in [3.05, 3.63) is 58.8 Å². The molecular weight excluding hydrogens is 526 g/mol. The highest BCUT2D eigenvalue weighted by Gasteiger charge is 2.28. The van der Waals surface area contributed by atoms with Gasteiger partial charge >= 0.3 is 6.09 Å². The summed E-state index contributed by atoms with van der Waals surface area (Å²) in [6.45, 7) is 15.6. The van der Waals surface area contributed by atoms with Crippen LogP contribution in [0.4, 0.5) is 10.5 Å². The number of amides is 2.